The topological polar surface area (TPSA) is 42.2 Å². The smallest absolute Gasteiger partial charge is 0.133 e. The van der Waals surface area contributed by atoms with Gasteiger partial charge in [-0.05, 0) is 44.1 Å². The van der Waals surface area contributed by atoms with Crippen molar-refractivity contribution in [2.24, 2.45) is 0 Å². The van der Waals surface area contributed by atoms with E-state index in [-0.39, 0.29) is 12.4 Å². The van der Waals surface area contributed by atoms with Crippen molar-refractivity contribution in [3.05, 3.63) is 16.8 Å². The predicted octanol–water partition coefficient (Wildman–Crippen LogP) is 2.35. The van der Waals surface area contributed by atoms with Crippen molar-refractivity contribution in [1.82, 2.24) is 4.98 Å². The molecule has 0 fully saturated rings. The Morgan fingerprint density at radius 1 is 1.06 bits per heavy atom. The van der Waals surface area contributed by atoms with Gasteiger partial charge >= 0.3 is 0 Å². The van der Waals surface area contributed by atoms with Crippen LogP contribution in [0.5, 0.6) is 0 Å². The largest absolute Gasteiger partial charge is 0.398 e. The van der Waals surface area contributed by atoms with Crippen molar-refractivity contribution in [3.63, 3.8) is 0 Å². The van der Waals surface area contributed by atoms with Crippen molar-refractivity contribution in [2.75, 3.05) is 24.2 Å². The molecule has 2 heterocycles. The first-order chi connectivity index (χ1) is 7.77. The maximum Gasteiger partial charge on any atom is 0.133 e. The number of pyridine rings is 1. The van der Waals surface area contributed by atoms with E-state index in [4.69, 9.17) is 10.7 Å². The zero-order valence-electron chi connectivity index (χ0n) is 10.3. The molecule has 0 saturated heterocycles. The molecule has 0 atom stereocenters. The van der Waals surface area contributed by atoms with Crippen LogP contribution in [0.4, 0.5) is 11.5 Å². The fourth-order valence-corrected chi connectivity index (χ4v) is 2.96. The summed E-state index contributed by atoms with van der Waals surface area (Å²) in [6, 6.07) is 0. The zero-order chi connectivity index (χ0) is 11.1. The third-order valence-electron chi connectivity index (χ3n) is 3.88. The SMILES string of the molecule is CN1CCCCc2c1nc1c(c2N)CCC1.Cl. The van der Waals surface area contributed by atoms with E-state index in [1.54, 1.807) is 0 Å². The fraction of sp³-hybridized carbons (Fsp3) is 0.615. The summed E-state index contributed by atoms with van der Waals surface area (Å²) in [5.41, 5.74) is 11.3. The highest BCUT2D eigenvalue weighted by atomic mass is 35.5. The second kappa shape index (κ2) is 4.73. The Kier molecular flexibility index (Phi) is 3.48. The molecule has 0 spiro atoms. The van der Waals surface area contributed by atoms with Crippen LogP contribution in [0.2, 0.25) is 0 Å². The van der Waals surface area contributed by atoms with E-state index in [1.165, 1.54) is 36.1 Å². The van der Waals surface area contributed by atoms with E-state index in [9.17, 15) is 0 Å². The maximum atomic E-state index is 6.32. The summed E-state index contributed by atoms with van der Waals surface area (Å²) in [5, 5.41) is 0. The van der Waals surface area contributed by atoms with E-state index >= 15 is 0 Å². The second-order valence-corrected chi connectivity index (χ2v) is 4.99. The lowest BCUT2D eigenvalue weighted by molar-refractivity contribution is 0.748. The van der Waals surface area contributed by atoms with Gasteiger partial charge in [-0.25, -0.2) is 4.98 Å². The molecule has 0 unspecified atom stereocenters. The molecule has 3 rings (SSSR count). The molecule has 1 aliphatic heterocycles. The first kappa shape index (κ1) is 12.5. The van der Waals surface area contributed by atoms with Crippen LogP contribution in [0.15, 0.2) is 0 Å². The fourth-order valence-electron chi connectivity index (χ4n) is 2.96. The number of aromatic nitrogens is 1. The highest BCUT2D eigenvalue weighted by Crippen LogP contribution is 2.35. The maximum absolute atomic E-state index is 6.32. The molecule has 0 saturated carbocycles. The van der Waals surface area contributed by atoms with Crippen LogP contribution >= 0.6 is 12.4 Å². The lowest BCUT2D eigenvalue weighted by Crippen LogP contribution is -2.20. The Bertz CT molecular complexity index is 431. The molecule has 3 nitrogen and oxygen atoms in total. The van der Waals surface area contributed by atoms with E-state index < -0.39 is 0 Å². The van der Waals surface area contributed by atoms with Crippen LogP contribution < -0.4 is 10.6 Å². The van der Waals surface area contributed by atoms with E-state index in [1.807, 2.05) is 0 Å². The van der Waals surface area contributed by atoms with E-state index in [0.717, 1.165) is 37.3 Å². The number of rotatable bonds is 0. The average Bonchev–Trinajstić information content (AvgIpc) is 2.66. The summed E-state index contributed by atoms with van der Waals surface area (Å²) >= 11 is 0. The number of nitrogens with two attached hydrogens (primary N) is 1. The molecule has 4 heteroatoms. The molecule has 0 amide bonds. The third-order valence-corrected chi connectivity index (χ3v) is 3.88. The van der Waals surface area contributed by atoms with Crippen molar-refractivity contribution in [1.29, 1.82) is 0 Å². The van der Waals surface area contributed by atoms with E-state index in [0.29, 0.717) is 0 Å². The van der Waals surface area contributed by atoms with Gasteiger partial charge in [0.05, 0.1) is 0 Å². The molecule has 17 heavy (non-hydrogen) atoms. The first-order valence-electron chi connectivity index (χ1n) is 6.28. The monoisotopic (exact) mass is 253 g/mol. The molecule has 2 aliphatic rings. The second-order valence-electron chi connectivity index (χ2n) is 4.99. The highest BCUT2D eigenvalue weighted by molar-refractivity contribution is 5.85. The van der Waals surface area contributed by atoms with Crippen LogP contribution in [-0.4, -0.2) is 18.6 Å². The number of hydrogen-bond donors (Lipinski definition) is 1. The van der Waals surface area contributed by atoms with Gasteiger partial charge in [-0.1, -0.05) is 0 Å². The minimum absolute atomic E-state index is 0. The standard InChI is InChI=1S/C13H19N3.ClH/c1-16-8-3-2-5-10-12(14)9-6-4-7-11(9)15-13(10)16;/h2-8H2,1H3,(H2,14,15);1H. The van der Waals surface area contributed by atoms with Gasteiger partial charge in [0.25, 0.3) is 0 Å². The molecular weight excluding hydrogens is 234 g/mol. The number of hydrogen-bond acceptors (Lipinski definition) is 3. The van der Waals surface area contributed by atoms with Crippen molar-refractivity contribution in [2.45, 2.75) is 38.5 Å². The molecule has 0 aromatic carbocycles. The van der Waals surface area contributed by atoms with Crippen LogP contribution in [0.25, 0.3) is 0 Å². The number of nitrogens with zero attached hydrogens (tertiary/aromatic N) is 2. The Balaban J connectivity index is 0.00000108. The lowest BCUT2D eigenvalue weighted by Gasteiger charge is -2.20. The predicted molar refractivity (Wildman–Crippen MR) is 74.1 cm³/mol. The molecule has 94 valence electrons. The lowest BCUT2D eigenvalue weighted by atomic mass is 10.0. The summed E-state index contributed by atoms with van der Waals surface area (Å²) < 4.78 is 0. The zero-order valence-corrected chi connectivity index (χ0v) is 11.1. The molecule has 0 radical (unpaired) electrons. The van der Waals surface area contributed by atoms with Crippen molar-refractivity contribution >= 4 is 23.9 Å². The number of aryl methyl sites for hydroxylation is 1. The van der Waals surface area contributed by atoms with Gasteiger partial charge in [0.2, 0.25) is 0 Å². The van der Waals surface area contributed by atoms with Crippen LogP contribution in [0.3, 0.4) is 0 Å². The molecule has 1 aliphatic carbocycles. The Morgan fingerprint density at radius 2 is 1.82 bits per heavy atom. The third kappa shape index (κ3) is 1.97. The Hall–Kier alpha value is -0.960. The summed E-state index contributed by atoms with van der Waals surface area (Å²) in [6.45, 7) is 1.11. The number of halogens is 1. The number of nitrogen functional groups attached to an aromatic ring is 1. The first-order valence-corrected chi connectivity index (χ1v) is 6.28. The van der Waals surface area contributed by atoms with Crippen LogP contribution in [-0.2, 0) is 19.3 Å². The van der Waals surface area contributed by atoms with Crippen LogP contribution in [0, 0.1) is 0 Å². The van der Waals surface area contributed by atoms with Gasteiger partial charge in [0.15, 0.2) is 0 Å². The van der Waals surface area contributed by atoms with Crippen molar-refractivity contribution in [3.8, 4) is 0 Å². The number of fused-ring (bicyclic) bond motifs is 2. The van der Waals surface area contributed by atoms with Crippen LogP contribution in [0.1, 0.15) is 36.1 Å². The molecule has 1 aromatic heterocycles. The molecule has 1 aromatic rings. The average molecular weight is 254 g/mol. The summed E-state index contributed by atoms with van der Waals surface area (Å²) in [5.74, 6) is 1.15. The van der Waals surface area contributed by atoms with E-state index in [2.05, 4.69) is 11.9 Å². The molecular formula is C13H20ClN3. The quantitative estimate of drug-likeness (QED) is 0.772. The van der Waals surface area contributed by atoms with Gasteiger partial charge in [0.1, 0.15) is 5.82 Å². The summed E-state index contributed by atoms with van der Waals surface area (Å²) in [7, 11) is 2.14. The van der Waals surface area contributed by atoms with Gasteiger partial charge in [-0.2, -0.15) is 0 Å². The van der Waals surface area contributed by atoms with Gasteiger partial charge in [-0.3, -0.25) is 0 Å². The Labute approximate surface area is 109 Å². The minimum atomic E-state index is 0. The molecule has 0 bridgehead atoms. The van der Waals surface area contributed by atoms with Crippen molar-refractivity contribution < 1.29 is 0 Å². The normalized spacial score (nSPS) is 18.1. The summed E-state index contributed by atoms with van der Waals surface area (Å²) in [6.07, 6.45) is 7.05. The van der Waals surface area contributed by atoms with Gasteiger partial charge in [0, 0.05) is 30.5 Å². The van der Waals surface area contributed by atoms with Gasteiger partial charge in [-0.15, -0.1) is 12.4 Å². The molecule has 2 N–H and O–H groups in total. The number of anilines is 2. The minimum Gasteiger partial charge on any atom is -0.398 e. The van der Waals surface area contributed by atoms with Gasteiger partial charge < -0.3 is 10.6 Å². The summed E-state index contributed by atoms with van der Waals surface area (Å²) in [4.78, 5) is 7.12. The highest BCUT2D eigenvalue weighted by Gasteiger charge is 2.23. The Morgan fingerprint density at radius 3 is 2.65 bits per heavy atom.